The van der Waals surface area contributed by atoms with Crippen molar-refractivity contribution in [3.05, 3.63) is 47.1 Å². The summed E-state index contributed by atoms with van der Waals surface area (Å²) in [5.74, 6) is -2.12. The Morgan fingerprint density at radius 1 is 1.00 bits per heavy atom. The fourth-order valence-electron chi connectivity index (χ4n) is 2.48. The van der Waals surface area contributed by atoms with Crippen LogP contribution in [-0.2, 0) is 37.6 Å². The molecule has 0 saturated heterocycles. The predicted molar refractivity (Wildman–Crippen MR) is 105 cm³/mol. The number of azo groups is 1. The molecule has 1 aromatic heterocycles. The Morgan fingerprint density at radius 3 is 2.21 bits per heavy atom. The summed E-state index contributed by atoms with van der Waals surface area (Å²) in [6.07, 6.45) is 0. The van der Waals surface area contributed by atoms with Gasteiger partial charge in [0.25, 0.3) is 0 Å². The first kappa shape index (κ1) is 28.5. The van der Waals surface area contributed by atoms with Gasteiger partial charge in [-0.2, -0.15) is 10.2 Å². The molecule has 0 amide bonds. The van der Waals surface area contributed by atoms with Crippen LogP contribution in [0.15, 0.2) is 56.4 Å². The minimum atomic E-state index is -5.13. The third-order valence-corrected chi connectivity index (χ3v) is 5.76. The molecule has 33 heavy (non-hydrogen) atoms. The summed E-state index contributed by atoms with van der Waals surface area (Å²) in [4.78, 5) is -1.71. The largest absolute Gasteiger partial charge is 3.00 e. The SMILES string of the molecule is C.Cc1nn(-c2cccc(S(=O)(=O)[O-])c2)c([O-])c1N=Nc1cc(Cl)cc(S(=O)(=O)[O-])c1[O-].[Cr+3]. The molecule has 3 rings (SSSR count). The second kappa shape index (κ2) is 10.2. The van der Waals surface area contributed by atoms with Gasteiger partial charge in [-0.3, -0.25) is 0 Å². The van der Waals surface area contributed by atoms with Crippen molar-refractivity contribution >= 4 is 43.2 Å². The molecule has 0 N–H and O–H groups in total. The molecule has 1 radical (unpaired) electrons. The van der Waals surface area contributed by atoms with Gasteiger partial charge in [-0.05, 0) is 37.3 Å². The summed E-state index contributed by atoms with van der Waals surface area (Å²) < 4.78 is 67.9. The molecule has 0 bridgehead atoms. The average molecular weight is 553 g/mol. The predicted octanol–water partition coefficient (Wildman–Crippen LogP) is 1.84. The first-order valence-corrected chi connectivity index (χ1v) is 11.2. The average Bonchev–Trinajstić information content (AvgIpc) is 2.94. The molecule has 2 aromatic carbocycles. The van der Waals surface area contributed by atoms with Crippen LogP contribution in [0.25, 0.3) is 5.69 Å². The number of nitrogens with zero attached hydrogens (tertiary/aromatic N) is 4. The molecule has 1 heterocycles. The van der Waals surface area contributed by atoms with E-state index in [0.29, 0.717) is 6.07 Å². The van der Waals surface area contributed by atoms with E-state index < -0.39 is 47.3 Å². The fraction of sp³-hybridized carbons (Fsp3) is 0.118. The van der Waals surface area contributed by atoms with Crippen LogP contribution < -0.4 is 10.2 Å². The van der Waals surface area contributed by atoms with Gasteiger partial charge in [0.2, 0.25) is 0 Å². The summed E-state index contributed by atoms with van der Waals surface area (Å²) in [7, 11) is -9.91. The summed E-state index contributed by atoms with van der Waals surface area (Å²) in [5, 5.41) is 35.5. The van der Waals surface area contributed by atoms with Gasteiger partial charge >= 0.3 is 17.4 Å². The number of aryl methyl sites for hydroxylation is 1. The van der Waals surface area contributed by atoms with Gasteiger partial charge in [0.15, 0.2) is 0 Å². The molecular formula is C17H13ClCrN4O8S2-. The Labute approximate surface area is 204 Å². The van der Waals surface area contributed by atoms with Gasteiger partial charge in [0, 0.05) is 10.9 Å². The fourth-order valence-corrected chi connectivity index (χ4v) is 3.87. The molecule has 0 aliphatic rings. The van der Waals surface area contributed by atoms with Crippen LogP contribution in [0.4, 0.5) is 11.4 Å². The summed E-state index contributed by atoms with van der Waals surface area (Å²) in [6, 6.07) is 6.17. The maximum atomic E-state index is 12.6. The van der Waals surface area contributed by atoms with Crippen LogP contribution >= 0.6 is 11.6 Å². The monoisotopic (exact) mass is 552 g/mol. The van der Waals surface area contributed by atoms with Crippen molar-refractivity contribution in [1.29, 1.82) is 0 Å². The van der Waals surface area contributed by atoms with Gasteiger partial charge in [-0.25, -0.2) is 21.5 Å². The smallest absolute Gasteiger partial charge is 0.870 e. The zero-order chi connectivity index (χ0) is 23.1. The van der Waals surface area contributed by atoms with Crippen LogP contribution in [0.3, 0.4) is 0 Å². The van der Waals surface area contributed by atoms with Gasteiger partial charge in [0.05, 0.1) is 26.9 Å². The van der Waals surface area contributed by atoms with Crippen LogP contribution in [0.5, 0.6) is 11.6 Å². The molecule has 0 saturated carbocycles. The van der Waals surface area contributed by atoms with Crippen molar-refractivity contribution in [3.8, 4) is 17.3 Å². The first-order valence-electron chi connectivity index (χ1n) is 8.00. The Hall–Kier alpha value is -2.51. The van der Waals surface area contributed by atoms with E-state index in [4.69, 9.17) is 11.6 Å². The molecule has 12 nitrogen and oxygen atoms in total. The van der Waals surface area contributed by atoms with Crippen molar-refractivity contribution < 1.29 is 53.5 Å². The zero-order valence-electron chi connectivity index (χ0n) is 15.6. The molecular weight excluding hydrogens is 540 g/mol. The van der Waals surface area contributed by atoms with Crippen LogP contribution in [0.1, 0.15) is 13.1 Å². The van der Waals surface area contributed by atoms with E-state index in [1.54, 1.807) is 0 Å². The summed E-state index contributed by atoms with van der Waals surface area (Å²) in [6.45, 7) is 1.37. The molecule has 0 aliphatic heterocycles. The summed E-state index contributed by atoms with van der Waals surface area (Å²) in [5.41, 5.74) is -0.983. The van der Waals surface area contributed by atoms with Crippen molar-refractivity contribution in [2.75, 3.05) is 0 Å². The third-order valence-electron chi connectivity index (χ3n) is 3.87. The molecule has 16 heteroatoms. The Bertz CT molecular complexity index is 1440. The second-order valence-electron chi connectivity index (χ2n) is 6.01. The zero-order valence-corrected chi connectivity index (χ0v) is 19.3. The first-order chi connectivity index (χ1) is 14.3. The van der Waals surface area contributed by atoms with Gasteiger partial charge < -0.3 is 19.3 Å². The van der Waals surface area contributed by atoms with E-state index in [2.05, 4.69) is 15.3 Å². The van der Waals surface area contributed by atoms with E-state index >= 15 is 0 Å². The minimum absolute atomic E-state index is 0. The number of halogens is 1. The number of hydrogen-bond acceptors (Lipinski definition) is 11. The van der Waals surface area contributed by atoms with Gasteiger partial charge in [-0.1, -0.05) is 30.8 Å². The molecule has 0 unspecified atom stereocenters. The molecule has 175 valence electrons. The molecule has 0 atom stereocenters. The topological polar surface area (TPSA) is 203 Å². The van der Waals surface area contributed by atoms with Gasteiger partial charge in [-0.15, -0.1) is 5.11 Å². The van der Waals surface area contributed by atoms with Crippen LogP contribution in [0, 0.1) is 6.92 Å². The molecule has 0 aliphatic carbocycles. The minimum Gasteiger partial charge on any atom is -0.870 e. The van der Waals surface area contributed by atoms with Crippen molar-refractivity contribution in [3.63, 3.8) is 0 Å². The normalized spacial score (nSPS) is 11.8. The van der Waals surface area contributed by atoms with Crippen LogP contribution in [-0.4, -0.2) is 35.7 Å². The van der Waals surface area contributed by atoms with Crippen molar-refractivity contribution in [1.82, 2.24) is 9.78 Å². The number of hydrogen-bond donors (Lipinski definition) is 0. The van der Waals surface area contributed by atoms with Crippen LogP contribution in [0.2, 0.25) is 5.02 Å². The van der Waals surface area contributed by atoms with E-state index in [9.17, 15) is 36.2 Å². The number of rotatable bonds is 5. The standard InChI is InChI=1S/C16H13ClN4O8S2.CH4.Cr/c1-8-14(19-18-12-5-9(17)6-13(15(12)22)31(27,28)29)16(23)21(20-8)10-3-2-4-11(7-10)30(24,25)26;;/h2-7,22-23H,1H3,(H,24,25,26)(H,27,28,29);1H4;/q;;+3/p-4. The van der Waals surface area contributed by atoms with E-state index in [1.807, 2.05) is 0 Å². The third kappa shape index (κ3) is 6.09. The number of benzene rings is 2. The van der Waals surface area contributed by atoms with Crippen molar-refractivity contribution in [2.45, 2.75) is 24.1 Å². The Kier molecular flexibility index (Phi) is 8.80. The van der Waals surface area contributed by atoms with Crippen molar-refractivity contribution in [2.24, 2.45) is 10.2 Å². The maximum absolute atomic E-state index is 12.6. The maximum Gasteiger partial charge on any atom is 3.00 e. The molecule has 3 aromatic rings. The molecule has 0 spiro atoms. The summed E-state index contributed by atoms with van der Waals surface area (Å²) >= 11 is 5.71. The molecule has 0 fully saturated rings. The van der Waals surface area contributed by atoms with Gasteiger partial charge in [0.1, 0.15) is 25.9 Å². The van der Waals surface area contributed by atoms with E-state index in [0.717, 1.165) is 22.9 Å². The Balaban J connectivity index is 0.00000272. The Morgan fingerprint density at radius 2 is 1.64 bits per heavy atom. The quantitative estimate of drug-likeness (QED) is 0.334. The van der Waals surface area contributed by atoms with E-state index in [-0.39, 0.29) is 46.9 Å². The van der Waals surface area contributed by atoms with E-state index in [1.165, 1.54) is 19.1 Å². The number of aromatic nitrogens is 2. The second-order valence-corrected chi connectivity index (χ2v) is 9.17.